The number of hydrogen-bond acceptors (Lipinski definition) is 4. The standard InChI is InChI=1S/C18H20FN3O3S.ClH/c19-14-6-1-2-9-17(14)26(24,25)21-11-10-18(23)22-12-4-5-13-15(20)7-3-8-16(13)22;/h1-3,6-9,21H,4-5,10-12,20H2;1H. The number of anilines is 2. The number of nitrogens with two attached hydrogens (primary N) is 1. The van der Waals surface area contributed by atoms with Crippen LogP contribution in [0.3, 0.4) is 0 Å². The number of hydrogen-bond donors (Lipinski definition) is 2. The predicted octanol–water partition coefficient (Wildman–Crippen LogP) is 2.48. The van der Waals surface area contributed by atoms with Crippen molar-refractivity contribution in [1.82, 2.24) is 4.72 Å². The van der Waals surface area contributed by atoms with E-state index in [4.69, 9.17) is 5.73 Å². The molecule has 1 heterocycles. The third kappa shape index (κ3) is 4.58. The molecule has 0 aromatic heterocycles. The van der Waals surface area contributed by atoms with Gasteiger partial charge in [-0.1, -0.05) is 18.2 Å². The van der Waals surface area contributed by atoms with Gasteiger partial charge in [0, 0.05) is 30.9 Å². The fraction of sp³-hybridized carbons (Fsp3) is 0.278. The minimum atomic E-state index is -4.00. The van der Waals surface area contributed by atoms with E-state index < -0.39 is 20.7 Å². The number of amides is 1. The average Bonchev–Trinajstić information content (AvgIpc) is 2.61. The number of carbonyl (C=O) groups is 1. The molecule has 0 saturated carbocycles. The maximum atomic E-state index is 13.7. The van der Waals surface area contributed by atoms with Crippen molar-refractivity contribution < 1.29 is 17.6 Å². The first-order chi connectivity index (χ1) is 12.4. The molecule has 146 valence electrons. The van der Waals surface area contributed by atoms with E-state index in [0.717, 1.165) is 30.2 Å². The number of rotatable bonds is 5. The monoisotopic (exact) mass is 413 g/mol. The first kappa shape index (κ1) is 21.1. The van der Waals surface area contributed by atoms with E-state index in [-0.39, 0.29) is 31.3 Å². The van der Waals surface area contributed by atoms with Gasteiger partial charge < -0.3 is 10.6 Å². The van der Waals surface area contributed by atoms with Crippen molar-refractivity contribution in [1.29, 1.82) is 0 Å². The van der Waals surface area contributed by atoms with Crippen molar-refractivity contribution in [2.75, 3.05) is 23.7 Å². The fourth-order valence-electron chi connectivity index (χ4n) is 3.08. The van der Waals surface area contributed by atoms with Crippen molar-refractivity contribution in [3.8, 4) is 0 Å². The summed E-state index contributed by atoms with van der Waals surface area (Å²) in [6.45, 7) is 0.457. The molecular weight excluding hydrogens is 393 g/mol. The Morgan fingerprint density at radius 1 is 1.19 bits per heavy atom. The lowest BCUT2D eigenvalue weighted by Crippen LogP contribution is -2.38. The first-order valence-corrected chi connectivity index (χ1v) is 9.80. The summed E-state index contributed by atoms with van der Waals surface area (Å²) in [5.41, 5.74) is 8.35. The van der Waals surface area contributed by atoms with E-state index in [1.165, 1.54) is 18.2 Å². The molecule has 0 radical (unpaired) electrons. The van der Waals surface area contributed by atoms with Crippen LogP contribution in [-0.4, -0.2) is 27.4 Å². The topological polar surface area (TPSA) is 92.5 Å². The van der Waals surface area contributed by atoms with E-state index in [2.05, 4.69) is 4.72 Å². The van der Waals surface area contributed by atoms with Crippen molar-refractivity contribution in [3.05, 3.63) is 53.8 Å². The third-order valence-corrected chi connectivity index (χ3v) is 5.84. The number of halogens is 2. The number of fused-ring (bicyclic) bond motifs is 1. The lowest BCUT2D eigenvalue weighted by molar-refractivity contribution is -0.118. The Hall–Kier alpha value is -2.16. The molecule has 0 atom stereocenters. The molecule has 27 heavy (non-hydrogen) atoms. The molecular formula is C18H21ClFN3O3S. The van der Waals surface area contributed by atoms with Crippen molar-refractivity contribution in [2.45, 2.75) is 24.2 Å². The molecule has 1 aliphatic heterocycles. The van der Waals surface area contributed by atoms with Crippen LogP contribution in [0.4, 0.5) is 15.8 Å². The second-order valence-electron chi connectivity index (χ2n) is 6.07. The van der Waals surface area contributed by atoms with E-state index in [1.807, 2.05) is 6.07 Å². The number of nitrogens with one attached hydrogen (secondary N) is 1. The summed E-state index contributed by atoms with van der Waals surface area (Å²) in [5, 5.41) is 0. The summed E-state index contributed by atoms with van der Waals surface area (Å²) in [4.78, 5) is 13.7. The summed E-state index contributed by atoms with van der Waals surface area (Å²) in [6.07, 6.45) is 1.58. The number of nitrogens with zero attached hydrogens (tertiary/aromatic N) is 1. The molecule has 9 heteroatoms. The van der Waals surface area contributed by atoms with Gasteiger partial charge in [0.2, 0.25) is 15.9 Å². The zero-order chi connectivity index (χ0) is 18.7. The highest BCUT2D eigenvalue weighted by atomic mass is 35.5. The van der Waals surface area contributed by atoms with Gasteiger partial charge in [-0.2, -0.15) is 0 Å². The highest BCUT2D eigenvalue weighted by Crippen LogP contribution is 2.31. The van der Waals surface area contributed by atoms with Crippen LogP contribution in [0, 0.1) is 5.82 Å². The summed E-state index contributed by atoms with van der Waals surface area (Å²) in [5.74, 6) is -1.03. The number of nitrogen functional groups attached to an aromatic ring is 1. The van der Waals surface area contributed by atoms with Gasteiger partial charge in [0.05, 0.1) is 0 Å². The molecule has 6 nitrogen and oxygen atoms in total. The molecule has 3 rings (SSSR count). The van der Waals surface area contributed by atoms with E-state index in [1.54, 1.807) is 17.0 Å². The smallest absolute Gasteiger partial charge is 0.243 e. The second kappa shape index (κ2) is 8.69. The zero-order valence-corrected chi connectivity index (χ0v) is 16.2. The second-order valence-corrected chi connectivity index (χ2v) is 7.81. The van der Waals surface area contributed by atoms with E-state index in [0.29, 0.717) is 12.2 Å². The van der Waals surface area contributed by atoms with Gasteiger partial charge in [-0.3, -0.25) is 4.79 Å². The van der Waals surface area contributed by atoms with Crippen LogP contribution < -0.4 is 15.4 Å². The Labute approximate surface area is 164 Å². The minimum Gasteiger partial charge on any atom is -0.398 e. The highest BCUT2D eigenvalue weighted by molar-refractivity contribution is 7.89. The minimum absolute atomic E-state index is 0. The maximum Gasteiger partial charge on any atom is 0.243 e. The summed E-state index contributed by atoms with van der Waals surface area (Å²) in [7, 11) is -4.00. The van der Waals surface area contributed by atoms with Gasteiger partial charge in [0.1, 0.15) is 10.7 Å². The fourth-order valence-corrected chi connectivity index (χ4v) is 4.19. The summed E-state index contributed by atoms with van der Waals surface area (Å²) in [6, 6.07) is 10.6. The molecule has 2 aromatic rings. The highest BCUT2D eigenvalue weighted by Gasteiger charge is 2.24. The maximum absolute atomic E-state index is 13.7. The molecule has 0 spiro atoms. The Bertz CT molecular complexity index is 937. The Balaban J connectivity index is 0.00000261. The molecule has 1 aliphatic rings. The lowest BCUT2D eigenvalue weighted by atomic mass is 9.99. The number of carbonyl (C=O) groups excluding carboxylic acids is 1. The van der Waals surface area contributed by atoms with Crippen LogP contribution >= 0.6 is 12.4 Å². The van der Waals surface area contributed by atoms with Crippen LogP contribution in [0.2, 0.25) is 0 Å². The number of benzene rings is 2. The van der Waals surface area contributed by atoms with Gasteiger partial charge >= 0.3 is 0 Å². The van der Waals surface area contributed by atoms with Gasteiger partial charge in [0.15, 0.2) is 0 Å². The molecule has 2 aromatic carbocycles. The molecule has 3 N–H and O–H groups in total. The molecule has 0 bridgehead atoms. The molecule has 0 fully saturated rings. The normalized spacial score (nSPS) is 13.6. The SMILES string of the molecule is Cl.Nc1cccc2c1CCCN2C(=O)CCNS(=O)(=O)c1ccccc1F. The predicted molar refractivity (Wildman–Crippen MR) is 105 cm³/mol. The first-order valence-electron chi connectivity index (χ1n) is 8.32. The van der Waals surface area contributed by atoms with Gasteiger partial charge in [-0.15, -0.1) is 12.4 Å². The molecule has 0 aliphatic carbocycles. The largest absolute Gasteiger partial charge is 0.398 e. The van der Waals surface area contributed by atoms with Crippen LogP contribution in [0.5, 0.6) is 0 Å². The average molecular weight is 414 g/mol. The van der Waals surface area contributed by atoms with Crippen molar-refractivity contribution >= 4 is 39.7 Å². The molecule has 0 saturated heterocycles. The Morgan fingerprint density at radius 2 is 1.93 bits per heavy atom. The van der Waals surface area contributed by atoms with Gasteiger partial charge in [0.25, 0.3) is 0 Å². The van der Waals surface area contributed by atoms with Gasteiger partial charge in [-0.25, -0.2) is 17.5 Å². The third-order valence-electron chi connectivity index (χ3n) is 4.34. The summed E-state index contributed by atoms with van der Waals surface area (Å²) >= 11 is 0. The van der Waals surface area contributed by atoms with E-state index >= 15 is 0 Å². The van der Waals surface area contributed by atoms with Crippen molar-refractivity contribution in [2.24, 2.45) is 0 Å². The van der Waals surface area contributed by atoms with E-state index in [9.17, 15) is 17.6 Å². The van der Waals surface area contributed by atoms with Gasteiger partial charge in [-0.05, 0) is 42.7 Å². The zero-order valence-electron chi connectivity index (χ0n) is 14.5. The van der Waals surface area contributed by atoms with Crippen molar-refractivity contribution in [3.63, 3.8) is 0 Å². The lowest BCUT2D eigenvalue weighted by Gasteiger charge is -2.30. The van der Waals surface area contributed by atoms with Crippen LogP contribution in [0.15, 0.2) is 47.4 Å². The van der Waals surface area contributed by atoms with Crippen LogP contribution in [0.1, 0.15) is 18.4 Å². The molecule has 1 amide bonds. The van der Waals surface area contributed by atoms with Crippen LogP contribution in [0.25, 0.3) is 0 Å². The van der Waals surface area contributed by atoms with Crippen LogP contribution in [-0.2, 0) is 21.2 Å². The molecule has 0 unspecified atom stereocenters. The summed E-state index contributed by atoms with van der Waals surface area (Å²) < 4.78 is 40.3. The quantitative estimate of drug-likeness (QED) is 0.736. The Morgan fingerprint density at radius 3 is 2.67 bits per heavy atom. The number of sulfonamides is 1. The Kier molecular flexibility index (Phi) is 6.80.